The van der Waals surface area contributed by atoms with Gasteiger partial charge in [-0.25, -0.2) is 4.98 Å². The zero-order chi connectivity index (χ0) is 18.6. The predicted octanol–water partition coefficient (Wildman–Crippen LogP) is 5.63. The number of thiazole rings is 1. The smallest absolute Gasteiger partial charge is 0.262 e. The van der Waals surface area contributed by atoms with Gasteiger partial charge in [0.1, 0.15) is 10.8 Å². The van der Waals surface area contributed by atoms with Gasteiger partial charge < -0.3 is 10.1 Å². The number of ether oxygens (including phenoxy) is 1. The van der Waals surface area contributed by atoms with Crippen LogP contribution in [0.1, 0.15) is 0 Å². The fourth-order valence-electron chi connectivity index (χ4n) is 2.57. The summed E-state index contributed by atoms with van der Waals surface area (Å²) >= 11 is 7.47. The van der Waals surface area contributed by atoms with Gasteiger partial charge in [0.25, 0.3) is 5.91 Å². The number of carbonyl (C=O) groups excluding carboxylic acids is 1. The Balaban J connectivity index is 1.38. The summed E-state index contributed by atoms with van der Waals surface area (Å²) in [6.07, 6.45) is 0. The summed E-state index contributed by atoms with van der Waals surface area (Å²) in [5.74, 6) is 0.374. The first kappa shape index (κ1) is 17.5. The third kappa shape index (κ3) is 4.27. The molecular weight excluding hydrogens is 380 g/mol. The number of fused-ring (bicyclic) bond motifs is 1. The number of anilines is 1. The molecule has 0 aliphatic rings. The fraction of sp³-hybridized carbons (Fsp3) is 0.0476. The molecular formula is C21H15ClN2O2S. The van der Waals surface area contributed by atoms with Gasteiger partial charge in [-0.2, -0.15) is 0 Å². The van der Waals surface area contributed by atoms with Gasteiger partial charge in [-0.3, -0.25) is 4.79 Å². The molecule has 0 aliphatic carbocycles. The average molecular weight is 395 g/mol. The first-order valence-electron chi connectivity index (χ1n) is 8.32. The second-order valence-electron chi connectivity index (χ2n) is 5.85. The second-order valence-corrected chi connectivity index (χ2v) is 7.32. The molecule has 0 spiro atoms. The first-order valence-corrected chi connectivity index (χ1v) is 9.51. The second kappa shape index (κ2) is 7.78. The van der Waals surface area contributed by atoms with Crippen LogP contribution in [-0.4, -0.2) is 17.5 Å². The molecule has 0 radical (unpaired) electrons. The quantitative estimate of drug-likeness (QED) is 0.477. The molecule has 27 heavy (non-hydrogen) atoms. The van der Waals surface area contributed by atoms with Gasteiger partial charge in [0.05, 0.1) is 10.2 Å². The summed E-state index contributed by atoms with van der Waals surface area (Å²) in [6.45, 7) is -0.0682. The highest BCUT2D eigenvalue weighted by atomic mass is 35.5. The summed E-state index contributed by atoms with van der Waals surface area (Å²) in [4.78, 5) is 16.7. The number of hydrogen-bond donors (Lipinski definition) is 1. The molecule has 1 heterocycles. The van der Waals surface area contributed by atoms with Crippen molar-refractivity contribution in [3.05, 3.63) is 77.8 Å². The first-order chi connectivity index (χ1) is 13.2. The highest BCUT2D eigenvalue weighted by molar-refractivity contribution is 7.21. The van der Waals surface area contributed by atoms with E-state index >= 15 is 0 Å². The van der Waals surface area contributed by atoms with Crippen molar-refractivity contribution >= 4 is 44.7 Å². The number of para-hydroxylation sites is 1. The Morgan fingerprint density at radius 1 is 1.00 bits per heavy atom. The minimum absolute atomic E-state index is 0.0682. The van der Waals surface area contributed by atoms with Crippen molar-refractivity contribution in [1.29, 1.82) is 0 Å². The lowest BCUT2D eigenvalue weighted by atomic mass is 10.2. The van der Waals surface area contributed by atoms with Crippen LogP contribution in [0.2, 0.25) is 5.02 Å². The largest absolute Gasteiger partial charge is 0.484 e. The van der Waals surface area contributed by atoms with Crippen molar-refractivity contribution in [3.8, 4) is 16.3 Å². The van der Waals surface area contributed by atoms with Gasteiger partial charge >= 0.3 is 0 Å². The molecule has 1 aromatic heterocycles. The van der Waals surface area contributed by atoms with Crippen LogP contribution in [0.5, 0.6) is 5.75 Å². The molecule has 0 saturated heterocycles. The van der Waals surface area contributed by atoms with Crippen molar-refractivity contribution in [2.45, 2.75) is 0 Å². The lowest BCUT2D eigenvalue weighted by molar-refractivity contribution is -0.118. The zero-order valence-electron chi connectivity index (χ0n) is 14.2. The van der Waals surface area contributed by atoms with Crippen molar-refractivity contribution < 1.29 is 9.53 Å². The molecule has 4 rings (SSSR count). The SMILES string of the molecule is O=C(COc1ccc(Cl)cc1)Nc1ccc(-c2nc3ccccc3s2)cc1. The normalized spacial score (nSPS) is 10.7. The van der Waals surface area contributed by atoms with Crippen LogP contribution in [0.15, 0.2) is 72.8 Å². The Morgan fingerprint density at radius 3 is 2.48 bits per heavy atom. The summed E-state index contributed by atoms with van der Waals surface area (Å²) in [6, 6.07) is 22.6. The Hall–Kier alpha value is -2.89. The maximum absolute atomic E-state index is 12.1. The van der Waals surface area contributed by atoms with Crippen LogP contribution in [0, 0.1) is 0 Å². The summed E-state index contributed by atoms with van der Waals surface area (Å²) < 4.78 is 6.60. The molecule has 4 aromatic rings. The minimum Gasteiger partial charge on any atom is -0.484 e. The predicted molar refractivity (Wildman–Crippen MR) is 111 cm³/mol. The van der Waals surface area contributed by atoms with Gasteiger partial charge in [0, 0.05) is 16.3 Å². The molecule has 1 N–H and O–H groups in total. The molecule has 4 nitrogen and oxygen atoms in total. The third-order valence-electron chi connectivity index (χ3n) is 3.89. The number of carbonyl (C=O) groups is 1. The third-order valence-corrected chi connectivity index (χ3v) is 5.23. The van der Waals surface area contributed by atoms with Gasteiger partial charge in [-0.15, -0.1) is 11.3 Å². The molecule has 0 unspecified atom stereocenters. The van der Waals surface area contributed by atoms with E-state index in [0.717, 1.165) is 20.8 Å². The van der Waals surface area contributed by atoms with Crippen molar-refractivity contribution in [2.24, 2.45) is 0 Å². The number of hydrogen-bond acceptors (Lipinski definition) is 4. The Morgan fingerprint density at radius 2 is 1.74 bits per heavy atom. The van der Waals surface area contributed by atoms with Crippen molar-refractivity contribution in [3.63, 3.8) is 0 Å². The van der Waals surface area contributed by atoms with Gasteiger partial charge in [0.2, 0.25) is 0 Å². The molecule has 0 fully saturated rings. The maximum Gasteiger partial charge on any atom is 0.262 e. The van der Waals surface area contributed by atoms with Crippen molar-refractivity contribution in [2.75, 3.05) is 11.9 Å². The van der Waals surface area contributed by atoms with E-state index in [1.165, 1.54) is 0 Å². The van der Waals surface area contributed by atoms with Gasteiger partial charge in [-0.1, -0.05) is 23.7 Å². The summed E-state index contributed by atoms with van der Waals surface area (Å²) in [7, 11) is 0. The number of amides is 1. The molecule has 0 bridgehead atoms. The molecule has 1 amide bonds. The molecule has 134 valence electrons. The molecule has 0 atom stereocenters. The highest BCUT2D eigenvalue weighted by Gasteiger charge is 2.07. The van der Waals surface area contributed by atoms with E-state index in [0.29, 0.717) is 16.5 Å². The van der Waals surface area contributed by atoms with Gasteiger partial charge in [0.15, 0.2) is 6.61 Å². The molecule has 0 saturated carbocycles. The number of halogens is 1. The molecule has 3 aromatic carbocycles. The Bertz CT molecular complexity index is 1040. The fourth-order valence-corrected chi connectivity index (χ4v) is 3.67. The number of rotatable bonds is 5. The number of benzene rings is 3. The van der Waals surface area contributed by atoms with E-state index in [4.69, 9.17) is 16.3 Å². The maximum atomic E-state index is 12.1. The van der Waals surface area contributed by atoms with E-state index in [1.54, 1.807) is 35.6 Å². The van der Waals surface area contributed by atoms with E-state index < -0.39 is 0 Å². The van der Waals surface area contributed by atoms with Crippen LogP contribution in [0.4, 0.5) is 5.69 Å². The Kier molecular flexibility index (Phi) is 5.05. The monoisotopic (exact) mass is 394 g/mol. The number of nitrogens with zero attached hydrogens (tertiary/aromatic N) is 1. The zero-order valence-corrected chi connectivity index (χ0v) is 15.8. The van der Waals surface area contributed by atoms with Crippen LogP contribution in [0.3, 0.4) is 0 Å². The lowest BCUT2D eigenvalue weighted by Gasteiger charge is -2.08. The molecule has 6 heteroatoms. The number of nitrogens with one attached hydrogen (secondary N) is 1. The van der Waals surface area contributed by atoms with E-state index in [9.17, 15) is 4.79 Å². The Labute approximate surface area is 165 Å². The van der Waals surface area contributed by atoms with Crippen LogP contribution < -0.4 is 10.1 Å². The topological polar surface area (TPSA) is 51.2 Å². The highest BCUT2D eigenvalue weighted by Crippen LogP contribution is 2.30. The average Bonchev–Trinajstić information content (AvgIpc) is 3.12. The van der Waals surface area contributed by atoms with Crippen LogP contribution >= 0.6 is 22.9 Å². The van der Waals surface area contributed by atoms with Crippen molar-refractivity contribution in [1.82, 2.24) is 4.98 Å². The van der Waals surface area contributed by atoms with Crippen LogP contribution in [0.25, 0.3) is 20.8 Å². The summed E-state index contributed by atoms with van der Waals surface area (Å²) in [5, 5.41) is 4.41. The minimum atomic E-state index is -0.224. The number of aromatic nitrogens is 1. The standard InChI is InChI=1S/C21H15ClN2O2S/c22-15-7-11-17(12-8-15)26-13-20(25)23-16-9-5-14(6-10-16)21-24-18-3-1-2-4-19(18)27-21/h1-12H,13H2,(H,23,25). The molecule has 0 aliphatic heterocycles. The lowest BCUT2D eigenvalue weighted by Crippen LogP contribution is -2.20. The van der Waals surface area contributed by atoms with E-state index in [-0.39, 0.29) is 12.5 Å². The van der Waals surface area contributed by atoms with Crippen LogP contribution in [-0.2, 0) is 4.79 Å². The van der Waals surface area contributed by atoms with E-state index in [1.807, 2.05) is 42.5 Å². The van der Waals surface area contributed by atoms with E-state index in [2.05, 4.69) is 16.4 Å². The summed E-state index contributed by atoms with van der Waals surface area (Å²) in [5.41, 5.74) is 2.73. The van der Waals surface area contributed by atoms with Gasteiger partial charge in [-0.05, 0) is 60.7 Å².